The van der Waals surface area contributed by atoms with Gasteiger partial charge in [-0.1, -0.05) is 25.1 Å². The van der Waals surface area contributed by atoms with Crippen LogP contribution >= 0.6 is 0 Å². The third kappa shape index (κ3) is 3.34. The van der Waals surface area contributed by atoms with Crippen LogP contribution in [0.4, 0.5) is 0 Å². The Morgan fingerprint density at radius 1 is 1.22 bits per heavy atom. The number of benzene rings is 1. The molecule has 3 heteroatoms. The Bertz CT molecular complexity index is 475. The van der Waals surface area contributed by atoms with E-state index in [9.17, 15) is 0 Å². The molecule has 2 N–H and O–H groups in total. The first-order valence-electron chi connectivity index (χ1n) is 6.75. The van der Waals surface area contributed by atoms with Crippen LogP contribution in [0.15, 0.2) is 30.5 Å². The molecule has 0 saturated heterocycles. The van der Waals surface area contributed by atoms with Gasteiger partial charge < -0.3 is 15.2 Å². The van der Waals surface area contributed by atoms with E-state index in [0.29, 0.717) is 0 Å². The molecule has 0 atom stereocenters. The van der Waals surface area contributed by atoms with Gasteiger partial charge in [0.2, 0.25) is 0 Å². The number of aromatic nitrogens is 1. The van der Waals surface area contributed by atoms with Gasteiger partial charge in [-0.25, -0.2) is 0 Å². The van der Waals surface area contributed by atoms with Crippen molar-refractivity contribution in [3.05, 3.63) is 36.0 Å². The molecule has 1 aromatic carbocycles. The highest BCUT2D eigenvalue weighted by Gasteiger charge is 2.04. The average molecular weight is 245 g/mol. The van der Waals surface area contributed by atoms with Crippen molar-refractivity contribution in [1.29, 1.82) is 0 Å². The fourth-order valence-electron chi connectivity index (χ4n) is 2.21. The van der Waals surface area contributed by atoms with E-state index in [-0.39, 0.29) is 0 Å². The summed E-state index contributed by atoms with van der Waals surface area (Å²) < 4.78 is 0. The SMILES string of the molecule is CCNCCN(C)CCc1c[nH]c2ccccc12. The Hall–Kier alpha value is -1.32. The fourth-order valence-corrected chi connectivity index (χ4v) is 2.21. The lowest BCUT2D eigenvalue weighted by Gasteiger charge is -2.16. The molecule has 98 valence electrons. The Kier molecular flexibility index (Phi) is 4.79. The van der Waals surface area contributed by atoms with Crippen molar-refractivity contribution in [1.82, 2.24) is 15.2 Å². The number of nitrogens with zero attached hydrogens (tertiary/aromatic N) is 1. The number of para-hydroxylation sites is 1. The van der Waals surface area contributed by atoms with Gasteiger partial charge in [0.1, 0.15) is 0 Å². The average Bonchev–Trinajstić information content (AvgIpc) is 2.80. The molecule has 0 aliphatic heterocycles. The molecular formula is C15H23N3. The maximum Gasteiger partial charge on any atom is 0.0456 e. The summed E-state index contributed by atoms with van der Waals surface area (Å²) in [7, 11) is 2.19. The summed E-state index contributed by atoms with van der Waals surface area (Å²) in [5.41, 5.74) is 2.66. The van der Waals surface area contributed by atoms with Crippen molar-refractivity contribution in [2.24, 2.45) is 0 Å². The molecule has 0 aliphatic rings. The van der Waals surface area contributed by atoms with E-state index in [4.69, 9.17) is 0 Å². The number of aromatic amines is 1. The summed E-state index contributed by atoms with van der Waals surface area (Å²) in [6, 6.07) is 8.51. The maximum absolute atomic E-state index is 3.35. The van der Waals surface area contributed by atoms with Gasteiger partial charge >= 0.3 is 0 Å². The molecule has 1 heterocycles. The lowest BCUT2D eigenvalue weighted by Crippen LogP contribution is -2.30. The van der Waals surface area contributed by atoms with Crippen molar-refractivity contribution in [3.8, 4) is 0 Å². The van der Waals surface area contributed by atoms with Gasteiger partial charge in [0.25, 0.3) is 0 Å². The lowest BCUT2D eigenvalue weighted by molar-refractivity contribution is 0.337. The molecule has 1 aromatic heterocycles. The number of hydrogen-bond donors (Lipinski definition) is 2. The molecule has 0 unspecified atom stereocenters. The first-order valence-corrected chi connectivity index (χ1v) is 6.75. The minimum atomic E-state index is 1.05. The summed E-state index contributed by atoms with van der Waals surface area (Å²) in [5.74, 6) is 0. The first kappa shape index (κ1) is 13.1. The summed E-state index contributed by atoms with van der Waals surface area (Å²) >= 11 is 0. The van der Waals surface area contributed by atoms with Crippen molar-refractivity contribution in [3.63, 3.8) is 0 Å². The van der Waals surface area contributed by atoms with Gasteiger partial charge in [-0.3, -0.25) is 0 Å². The second-order valence-corrected chi connectivity index (χ2v) is 4.77. The normalized spacial score (nSPS) is 11.5. The van der Waals surface area contributed by atoms with Crippen LogP contribution in [-0.4, -0.2) is 43.1 Å². The molecule has 0 amide bonds. The van der Waals surface area contributed by atoms with Gasteiger partial charge in [0.15, 0.2) is 0 Å². The monoisotopic (exact) mass is 245 g/mol. The van der Waals surface area contributed by atoms with E-state index in [0.717, 1.165) is 32.6 Å². The number of rotatable bonds is 7. The zero-order chi connectivity index (χ0) is 12.8. The summed E-state index contributed by atoms with van der Waals surface area (Å²) in [6.07, 6.45) is 3.25. The quantitative estimate of drug-likeness (QED) is 0.733. The smallest absolute Gasteiger partial charge is 0.0456 e. The van der Waals surface area contributed by atoms with Crippen LogP contribution in [0.1, 0.15) is 12.5 Å². The Morgan fingerprint density at radius 2 is 2.06 bits per heavy atom. The van der Waals surface area contributed by atoms with Gasteiger partial charge in [0.05, 0.1) is 0 Å². The number of H-pyrrole nitrogens is 1. The van der Waals surface area contributed by atoms with Crippen LogP contribution in [0.5, 0.6) is 0 Å². The molecule has 2 rings (SSSR count). The summed E-state index contributed by atoms with van der Waals surface area (Å²) in [5, 5.41) is 4.71. The largest absolute Gasteiger partial charge is 0.361 e. The summed E-state index contributed by atoms with van der Waals surface area (Å²) in [6.45, 7) is 6.48. The van der Waals surface area contributed by atoms with Crippen molar-refractivity contribution >= 4 is 10.9 Å². The lowest BCUT2D eigenvalue weighted by atomic mass is 10.1. The first-order chi connectivity index (χ1) is 8.81. The summed E-state index contributed by atoms with van der Waals surface area (Å²) in [4.78, 5) is 5.71. The Morgan fingerprint density at radius 3 is 2.89 bits per heavy atom. The predicted octanol–water partition coefficient (Wildman–Crippen LogP) is 2.25. The van der Waals surface area contributed by atoms with Gasteiger partial charge in [-0.05, 0) is 31.6 Å². The predicted molar refractivity (Wildman–Crippen MR) is 78.0 cm³/mol. The van der Waals surface area contributed by atoms with E-state index < -0.39 is 0 Å². The highest BCUT2D eigenvalue weighted by atomic mass is 15.1. The minimum absolute atomic E-state index is 1.05. The van der Waals surface area contributed by atoms with Crippen LogP contribution in [0.2, 0.25) is 0 Å². The van der Waals surface area contributed by atoms with Crippen LogP contribution in [-0.2, 0) is 6.42 Å². The second-order valence-electron chi connectivity index (χ2n) is 4.77. The fraction of sp³-hybridized carbons (Fsp3) is 0.467. The third-order valence-electron chi connectivity index (χ3n) is 3.36. The van der Waals surface area contributed by atoms with Crippen LogP contribution in [0.25, 0.3) is 10.9 Å². The van der Waals surface area contributed by atoms with Crippen LogP contribution < -0.4 is 5.32 Å². The van der Waals surface area contributed by atoms with Crippen molar-refractivity contribution in [2.45, 2.75) is 13.3 Å². The van der Waals surface area contributed by atoms with E-state index in [1.54, 1.807) is 0 Å². The van der Waals surface area contributed by atoms with Gasteiger partial charge in [-0.2, -0.15) is 0 Å². The topological polar surface area (TPSA) is 31.1 Å². The minimum Gasteiger partial charge on any atom is -0.361 e. The molecule has 0 fully saturated rings. The molecule has 0 saturated carbocycles. The molecule has 3 nitrogen and oxygen atoms in total. The molecule has 18 heavy (non-hydrogen) atoms. The highest BCUT2D eigenvalue weighted by molar-refractivity contribution is 5.83. The molecular weight excluding hydrogens is 222 g/mol. The molecule has 0 radical (unpaired) electrons. The molecule has 0 spiro atoms. The highest BCUT2D eigenvalue weighted by Crippen LogP contribution is 2.17. The Labute approximate surface area is 109 Å². The Balaban J connectivity index is 1.86. The van der Waals surface area contributed by atoms with Gasteiger partial charge in [-0.15, -0.1) is 0 Å². The third-order valence-corrected chi connectivity index (χ3v) is 3.36. The van der Waals surface area contributed by atoms with Crippen molar-refractivity contribution in [2.75, 3.05) is 33.2 Å². The van der Waals surface area contributed by atoms with E-state index in [2.05, 4.69) is 59.6 Å². The van der Waals surface area contributed by atoms with Crippen molar-refractivity contribution < 1.29 is 0 Å². The zero-order valence-electron chi connectivity index (χ0n) is 11.4. The second kappa shape index (κ2) is 6.57. The van der Waals surface area contributed by atoms with E-state index >= 15 is 0 Å². The van der Waals surface area contributed by atoms with Crippen LogP contribution in [0.3, 0.4) is 0 Å². The zero-order valence-corrected chi connectivity index (χ0v) is 11.4. The number of likely N-dealkylation sites (N-methyl/N-ethyl adjacent to an activating group) is 2. The van der Waals surface area contributed by atoms with E-state index in [1.165, 1.54) is 16.5 Å². The number of nitrogens with one attached hydrogen (secondary N) is 2. The van der Waals surface area contributed by atoms with E-state index in [1.807, 2.05) is 0 Å². The molecule has 2 aromatic rings. The van der Waals surface area contributed by atoms with Crippen LogP contribution in [0, 0.1) is 0 Å². The molecule has 0 bridgehead atoms. The number of fused-ring (bicyclic) bond motifs is 1. The molecule has 0 aliphatic carbocycles. The van der Waals surface area contributed by atoms with Gasteiger partial charge in [0, 0.05) is 36.7 Å². The number of hydrogen-bond acceptors (Lipinski definition) is 2. The maximum atomic E-state index is 3.35. The standard InChI is InChI=1S/C15H23N3/c1-3-16-9-11-18(2)10-8-13-12-17-15-7-5-4-6-14(13)15/h4-7,12,16-17H,3,8-11H2,1-2H3.